The summed E-state index contributed by atoms with van der Waals surface area (Å²) in [4.78, 5) is 10.8. The molecule has 3 heteroatoms. The second kappa shape index (κ2) is 4.99. The number of rotatable bonds is 2. The smallest absolute Gasteiger partial charge is 1.00 e. The van der Waals surface area contributed by atoms with Gasteiger partial charge < -0.3 is 7.96 Å². The Morgan fingerprint density at radius 2 is 1.77 bits per heavy atom. The molecule has 0 aliphatic heterocycles. The Kier molecular flexibility index (Phi) is 4.97. The van der Waals surface area contributed by atoms with Crippen LogP contribution in [0, 0.1) is 0 Å². The third kappa shape index (κ3) is 2.97. The Hall–Kier alpha value is -0.0503. The van der Waals surface area contributed by atoms with Gasteiger partial charge in [-0.3, -0.25) is 4.79 Å². The van der Waals surface area contributed by atoms with Gasteiger partial charge in [-0.15, -0.1) is 0 Å². The first-order chi connectivity index (χ1) is 5.55. The van der Waals surface area contributed by atoms with Gasteiger partial charge in [0.05, 0.1) is 5.41 Å². The van der Waals surface area contributed by atoms with Crippen molar-refractivity contribution in [2.45, 2.75) is 19.3 Å². The monoisotopic (exact) mass is 206 g/mol. The first kappa shape index (κ1) is 12.9. The zero-order valence-electron chi connectivity index (χ0n) is 9.95. The van der Waals surface area contributed by atoms with E-state index < -0.39 is 11.4 Å². The number of hydrogen-bond acceptors (Lipinski definition) is 1. The number of carboxylic acid groups (broad SMARTS) is 1. The van der Waals surface area contributed by atoms with E-state index in [1.807, 2.05) is 30.3 Å². The van der Waals surface area contributed by atoms with Crippen LogP contribution in [-0.4, -0.2) is 48.8 Å². The van der Waals surface area contributed by atoms with E-state index in [1.165, 1.54) is 0 Å². The summed E-state index contributed by atoms with van der Waals surface area (Å²) in [7, 11) is 0. The van der Waals surface area contributed by atoms with Crippen LogP contribution in [0.5, 0.6) is 0 Å². The summed E-state index contributed by atoms with van der Waals surface area (Å²) in [5.41, 5.74) is 0.0406. The van der Waals surface area contributed by atoms with Crippen molar-refractivity contribution >= 4 is 43.7 Å². The Bertz CT molecular complexity index is 289. The maximum Gasteiger partial charge on any atom is 2.00 e. The average molecular weight is 206 g/mol. The molecule has 0 saturated heterocycles. The van der Waals surface area contributed by atoms with Crippen molar-refractivity contribution in [1.82, 2.24) is 0 Å². The van der Waals surface area contributed by atoms with Crippen LogP contribution in [0.2, 0.25) is 0 Å². The predicted molar refractivity (Wildman–Crippen MR) is 55.1 cm³/mol. The molecule has 0 amide bonds. The summed E-state index contributed by atoms with van der Waals surface area (Å²) in [6.07, 6.45) is 0. The minimum Gasteiger partial charge on any atom is -1.00 e. The molecule has 0 unspecified atom stereocenters. The summed E-state index contributed by atoms with van der Waals surface area (Å²) >= 11 is 0. The number of hydrogen-bond donors (Lipinski definition) is 1. The van der Waals surface area contributed by atoms with Gasteiger partial charge in [0.2, 0.25) is 0 Å². The minimum atomic E-state index is -0.797. The second-order valence-electron chi connectivity index (χ2n) is 3.30. The van der Waals surface area contributed by atoms with E-state index in [0.29, 0.717) is 0 Å². The fourth-order valence-corrected chi connectivity index (χ4v) is 0.978. The van der Waals surface area contributed by atoms with Crippen LogP contribution in [0.4, 0.5) is 0 Å². The van der Waals surface area contributed by atoms with Gasteiger partial charge in [-0.2, -0.15) is 0 Å². The summed E-state index contributed by atoms with van der Waals surface area (Å²) in [6, 6.07) is 9.23. The van der Waals surface area contributed by atoms with Crippen molar-refractivity contribution in [3.63, 3.8) is 0 Å². The van der Waals surface area contributed by atoms with E-state index in [0.717, 1.165) is 5.56 Å². The fourth-order valence-electron chi connectivity index (χ4n) is 0.978. The molecular formula is C10H14CaO2. The molecule has 13 heavy (non-hydrogen) atoms. The van der Waals surface area contributed by atoms with Gasteiger partial charge >= 0.3 is 43.7 Å². The third-order valence-electron chi connectivity index (χ3n) is 2.03. The normalized spacial score (nSPS) is 10.3. The molecule has 0 aliphatic carbocycles. The Balaban J connectivity index is -0.000000480. The first-order valence-corrected chi connectivity index (χ1v) is 3.84. The number of carboxylic acids is 1. The Morgan fingerprint density at radius 1 is 1.31 bits per heavy atom. The first-order valence-electron chi connectivity index (χ1n) is 3.84. The van der Waals surface area contributed by atoms with E-state index >= 15 is 0 Å². The van der Waals surface area contributed by atoms with Crippen LogP contribution in [0.15, 0.2) is 30.3 Å². The molecule has 0 fully saturated rings. The van der Waals surface area contributed by atoms with Gasteiger partial charge in [-0.05, 0) is 19.4 Å². The molecule has 0 radical (unpaired) electrons. The number of benzene rings is 1. The van der Waals surface area contributed by atoms with Gasteiger partial charge in [0, 0.05) is 0 Å². The van der Waals surface area contributed by atoms with Crippen LogP contribution >= 0.6 is 0 Å². The molecule has 1 rings (SSSR count). The minimum absolute atomic E-state index is 0. The molecule has 0 atom stereocenters. The standard InChI is InChI=1S/C10H12O2.Ca.2H/c1-10(2,9(11)12)8-6-4-3-5-7-8;;;/h3-7H,1-2H3,(H,11,12);;;/q;+2;2*-1. The maximum absolute atomic E-state index is 10.8. The Labute approximate surface area is 111 Å². The third-order valence-corrected chi connectivity index (χ3v) is 2.03. The molecule has 68 valence electrons. The number of carbonyl (C=O) groups is 1. The molecule has 0 aliphatic rings. The van der Waals surface area contributed by atoms with Crippen LogP contribution in [0.3, 0.4) is 0 Å². The zero-order chi connectivity index (χ0) is 9.19. The van der Waals surface area contributed by atoms with Gasteiger partial charge in [0.25, 0.3) is 0 Å². The van der Waals surface area contributed by atoms with E-state index in [1.54, 1.807) is 13.8 Å². The van der Waals surface area contributed by atoms with Gasteiger partial charge in [0.1, 0.15) is 0 Å². The van der Waals surface area contributed by atoms with E-state index in [-0.39, 0.29) is 40.6 Å². The summed E-state index contributed by atoms with van der Waals surface area (Å²) < 4.78 is 0. The second-order valence-corrected chi connectivity index (χ2v) is 3.30. The zero-order valence-corrected chi connectivity index (χ0v) is 10.2. The van der Waals surface area contributed by atoms with Gasteiger partial charge in [0.15, 0.2) is 0 Å². The molecule has 0 aromatic heterocycles. The number of aliphatic carboxylic acids is 1. The van der Waals surface area contributed by atoms with Crippen molar-refractivity contribution in [3.8, 4) is 0 Å². The van der Waals surface area contributed by atoms with E-state index in [9.17, 15) is 4.79 Å². The van der Waals surface area contributed by atoms with Gasteiger partial charge in [-0.25, -0.2) is 0 Å². The molecule has 1 aromatic rings. The maximum atomic E-state index is 10.8. The van der Waals surface area contributed by atoms with Crippen molar-refractivity contribution in [2.24, 2.45) is 0 Å². The molecule has 1 N–H and O–H groups in total. The van der Waals surface area contributed by atoms with Gasteiger partial charge in [-0.1, -0.05) is 30.3 Å². The molecule has 2 nitrogen and oxygen atoms in total. The molecule has 0 heterocycles. The van der Waals surface area contributed by atoms with Crippen molar-refractivity contribution in [3.05, 3.63) is 35.9 Å². The molecule has 0 bridgehead atoms. The van der Waals surface area contributed by atoms with E-state index in [4.69, 9.17) is 5.11 Å². The summed E-state index contributed by atoms with van der Waals surface area (Å²) in [5, 5.41) is 8.89. The molecule has 1 aromatic carbocycles. The van der Waals surface area contributed by atoms with Crippen LogP contribution in [0.1, 0.15) is 22.3 Å². The SMILES string of the molecule is CC(C)(C(=O)O)c1ccccc1.[Ca+2].[H-].[H-]. The van der Waals surface area contributed by atoms with E-state index in [2.05, 4.69) is 0 Å². The molecule has 0 saturated carbocycles. The fraction of sp³-hybridized carbons (Fsp3) is 0.300. The van der Waals surface area contributed by atoms with Crippen LogP contribution < -0.4 is 0 Å². The quantitative estimate of drug-likeness (QED) is 0.750. The van der Waals surface area contributed by atoms with Crippen LogP contribution in [0.25, 0.3) is 0 Å². The van der Waals surface area contributed by atoms with Crippen molar-refractivity contribution < 1.29 is 12.8 Å². The predicted octanol–water partition coefficient (Wildman–Crippen LogP) is 1.89. The molecular weight excluding hydrogens is 192 g/mol. The average Bonchev–Trinajstić information content (AvgIpc) is 2.06. The topological polar surface area (TPSA) is 37.3 Å². The van der Waals surface area contributed by atoms with Crippen molar-refractivity contribution in [1.29, 1.82) is 0 Å². The molecule has 0 spiro atoms. The largest absolute Gasteiger partial charge is 2.00 e. The summed E-state index contributed by atoms with van der Waals surface area (Å²) in [5.74, 6) is -0.797. The van der Waals surface area contributed by atoms with Crippen LogP contribution in [-0.2, 0) is 10.2 Å². The Morgan fingerprint density at radius 3 is 2.15 bits per heavy atom. The summed E-state index contributed by atoms with van der Waals surface area (Å²) in [6.45, 7) is 3.40. The van der Waals surface area contributed by atoms with Crippen molar-refractivity contribution in [2.75, 3.05) is 0 Å².